The maximum atomic E-state index is 12.1. The minimum Gasteiger partial charge on any atom is -0.283 e. The maximum Gasteiger partial charge on any atom is 0.263 e. The molecular formula is C13H11NOS. The third-order valence-electron chi connectivity index (χ3n) is 2.94. The van der Waals surface area contributed by atoms with Crippen molar-refractivity contribution in [3.8, 4) is 0 Å². The van der Waals surface area contributed by atoms with E-state index < -0.39 is 0 Å². The SMILES string of the molecule is CSC1=C2c3ccccc3C(=O)N2C=CC1. The van der Waals surface area contributed by atoms with Crippen LogP contribution >= 0.6 is 11.8 Å². The molecule has 2 heterocycles. The number of rotatable bonds is 1. The van der Waals surface area contributed by atoms with Crippen LogP contribution in [0.1, 0.15) is 22.3 Å². The Morgan fingerprint density at radius 1 is 1.25 bits per heavy atom. The van der Waals surface area contributed by atoms with Crippen LogP contribution in [0.3, 0.4) is 0 Å². The standard InChI is InChI=1S/C13H11NOS/c1-16-11-7-4-8-14-12(11)9-5-2-3-6-10(9)13(14)15/h2-6,8H,7H2,1H3. The largest absolute Gasteiger partial charge is 0.283 e. The fourth-order valence-electron chi connectivity index (χ4n) is 2.21. The second-order valence-corrected chi connectivity index (χ2v) is 4.69. The highest BCUT2D eigenvalue weighted by atomic mass is 32.2. The van der Waals surface area contributed by atoms with E-state index in [0.29, 0.717) is 0 Å². The second kappa shape index (κ2) is 3.52. The van der Waals surface area contributed by atoms with Gasteiger partial charge in [0.25, 0.3) is 5.91 Å². The van der Waals surface area contributed by atoms with Gasteiger partial charge < -0.3 is 0 Å². The lowest BCUT2D eigenvalue weighted by Crippen LogP contribution is -2.18. The quantitative estimate of drug-likeness (QED) is 0.737. The summed E-state index contributed by atoms with van der Waals surface area (Å²) in [7, 11) is 0. The molecule has 0 bridgehead atoms. The summed E-state index contributed by atoms with van der Waals surface area (Å²) < 4.78 is 0. The summed E-state index contributed by atoms with van der Waals surface area (Å²) in [5.41, 5.74) is 2.97. The average molecular weight is 229 g/mol. The number of thioether (sulfide) groups is 1. The van der Waals surface area contributed by atoms with E-state index in [4.69, 9.17) is 0 Å². The Kier molecular flexibility index (Phi) is 2.14. The van der Waals surface area contributed by atoms with Crippen LogP contribution in [0.25, 0.3) is 5.70 Å². The summed E-state index contributed by atoms with van der Waals surface area (Å²) in [6.45, 7) is 0. The summed E-state index contributed by atoms with van der Waals surface area (Å²) in [5, 5.41) is 0. The van der Waals surface area contributed by atoms with Crippen molar-refractivity contribution in [2.75, 3.05) is 6.26 Å². The summed E-state index contributed by atoms with van der Waals surface area (Å²) in [6.07, 6.45) is 6.91. The number of carbonyl (C=O) groups excluding carboxylic acids is 1. The first-order valence-electron chi connectivity index (χ1n) is 5.19. The van der Waals surface area contributed by atoms with Gasteiger partial charge in [-0.3, -0.25) is 9.69 Å². The molecule has 0 spiro atoms. The van der Waals surface area contributed by atoms with Gasteiger partial charge in [-0.2, -0.15) is 0 Å². The van der Waals surface area contributed by atoms with Crippen LogP contribution in [0.2, 0.25) is 0 Å². The van der Waals surface area contributed by atoms with Crippen molar-refractivity contribution in [1.29, 1.82) is 0 Å². The lowest BCUT2D eigenvalue weighted by molar-refractivity contribution is 0.0890. The van der Waals surface area contributed by atoms with E-state index in [-0.39, 0.29) is 5.91 Å². The average Bonchev–Trinajstić information content (AvgIpc) is 2.64. The highest BCUT2D eigenvalue weighted by molar-refractivity contribution is 8.02. The Morgan fingerprint density at radius 3 is 2.75 bits per heavy atom. The lowest BCUT2D eigenvalue weighted by atomic mass is 10.1. The van der Waals surface area contributed by atoms with Crippen LogP contribution in [-0.2, 0) is 0 Å². The third kappa shape index (κ3) is 1.18. The number of allylic oxidation sites excluding steroid dienone is 2. The van der Waals surface area contributed by atoms with E-state index >= 15 is 0 Å². The molecule has 80 valence electrons. The van der Waals surface area contributed by atoms with Crippen LogP contribution in [0.5, 0.6) is 0 Å². The first-order valence-corrected chi connectivity index (χ1v) is 6.42. The Balaban J connectivity index is 2.27. The number of carbonyl (C=O) groups is 1. The van der Waals surface area contributed by atoms with E-state index in [2.05, 4.69) is 6.26 Å². The molecular weight excluding hydrogens is 218 g/mol. The van der Waals surface area contributed by atoms with Gasteiger partial charge in [0.15, 0.2) is 0 Å². The van der Waals surface area contributed by atoms with E-state index in [1.807, 2.05) is 36.5 Å². The second-order valence-electron chi connectivity index (χ2n) is 3.79. The molecule has 0 saturated carbocycles. The molecule has 2 aliphatic heterocycles. The van der Waals surface area contributed by atoms with Crippen LogP contribution in [0, 0.1) is 0 Å². The zero-order valence-corrected chi connectivity index (χ0v) is 9.75. The zero-order chi connectivity index (χ0) is 11.1. The molecule has 0 unspecified atom stereocenters. The molecule has 16 heavy (non-hydrogen) atoms. The van der Waals surface area contributed by atoms with Crippen LogP contribution < -0.4 is 0 Å². The molecule has 3 heteroatoms. The topological polar surface area (TPSA) is 20.3 Å². The van der Waals surface area contributed by atoms with Gasteiger partial charge in [0, 0.05) is 28.7 Å². The van der Waals surface area contributed by atoms with Gasteiger partial charge in [-0.05, 0) is 12.3 Å². The molecule has 0 radical (unpaired) electrons. The smallest absolute Gasteiger partial charge is 0.263 e. The lowest BCUT2D eigenvalue weighted by Gasteiger charge is -2.20. The number of amides is 1. The minimum absolute atomic E-state index is 0.0908. The van der Waals surface area contributed by atoms with Gasteiger partial charge in [-0.1, -0.05) is 24.3 Å². The summed E-state index contributed by atoms with van der Waals surface area (Å²) in [6, 6.07) is 7.82. The van der Waals surface area contributed by atoms with Gasteiger partial charge in [-0.25, -0.2) is 0 Å². The van der Waals surface area contributed by atoms with E-state index in [1.165, 1.54) is 4.91 Å². The number of hydrogen-bond donors (Lipinski definition) is 0. The Labute approximate surface area is 98.6 Å². The normalized spacial score (nSPS) is 17.8. The third-order valence-corrected chi connectivity index (χ3v) is 3.79. The highest BCUT2D eigenvalue weighted by Crippen LogP contribution is 2.41. The van der Waals surface area contributed by atoms with E-state index in [0.717, 1.165) is 23.2 Å². The predicted molar refractivity (Wildman–Crippen MR) is 66.8 cm³/mol. The van der Waals surface area contributed by atoms with E-state index in [1.54, 1.807) is 16.7 Å². The summed E-state index contributed by atoms with van der Waals surface area (Å²) in [4.78, 5) is 15.2. The molecule has 2 nitrogen and oxygen atoms in total. The summed E-state index contributed by atoms with van der Waals surface area (Å²) >= 11 is 1.72. The van der Waals surface area contributed by atoms with Gasteiger partial charge in [0.2, 0.25) is 0 Å². The molecule has 1 aromatic carbocycles. The fraction of sp³-hybridized carbons (Fsp3) is 0.154. The van der Waals surface area contributed by atoms with Crippen LogP contribution in [-0.4, -0.2) is 17.1 Å². The van der Waals surface area contributed by atoms with Crippen molar-refractivity contribution in [1.82, 2.24) is 4.90 Å². The predicted octanol–water partition coefficient (Wildman–Crippen LogP) is 3.09. The van der Waals surface area contributed by atoms with Gasteiger partial charge in [0.05, 0.1) is 5.70 Å². The Bertz CT molecular complexity index is 530. The zero-order valence-electron chi connectivity index (χ0n) is 8.93. The number of hydrogen-bond acceptors (Lipinski definition) is 2. The first-order chi connectivity index (χ1) is 7.83. The molecule has 3 rings (SSSR count). The van der Waals surface area contributed by atoms with Gasteiger partial charge >= 0.3 is 0 Å². The Morgan fingerprint density at radius 2 is 2.00 bits per heavy atom. The minimum atomic E-state index is 0.0908. The van der Waals surface area contributed by atoms with Gasteiger partial charge in [-0.15, -0.1) is 11.8 Å². The molecule has 0 N–H and O–H groups in total. The number of benzene rings is 1. The number of fused-ring (bicyclic) bond motifs is 3. The Hall–Kier alpha value is -1.48. The molecule has 0 fully saturated rings. The molecule has 1 aromatic rings. The molecule has 1 amide bonds. The molecule has 0 aromatic heterocycles. The van der Waals surface area contributed by atoms with Crippen LogP contribution in [0.15, 0.2) is 41.4 Å². The van der Waals surface area contributed by atoms with Crippen molar-refractivity contribution < 1.29 is 4.79 Å². The van der Waals surface area contributed by atoms with Crippen molar-refractivity contribution in [3.05, 3.63) is 52.6 Å². The highest BCUT2D eigenvalue weighted by Gasteiger charge is 2.33. The number of nitrogens with zero attached hydrogens (tertiary/aromatic N) is 1. The van der Waals surface area contributed by atoms with Gasteiger partial charge in [0.1, 0.15) is 0 Å². The van der Waals surface area contributed by atoms with E-state index in [9.17, 15) is 4.79 Å². The maximum absolute atomic E-state index is 12.1. The van der Waals surface area contributed by atoms with Crippen molar-refractivity contribution in [3.63, 3.8) is 0 Å². The monoisotopic (exact) mass is 229 g/mol. The molecule has 0 aliphatic carbocycles. The van der Waals surface area contributed by atoms with Crippen molar-refractivity contribution in [2.45, 2.75) is 6.42 Å². The molecule has 0 saturated heterocycles. The molecule has 2 aliphatic rings. The fourth-order valence-corrected chi connectivity index (χ4v) is 2.87. The molecule has 0 atom stereocenters. The first kappa shape index (κ1) is 9.73. The summed E-state index contributed by atoms with van der Waals surface area (Å²) in [5.74, 6) is 0.0908. The van der Waals surface area contributed by atoms with Crippen molar-refractivity contribution >= 4 is 23.4 Å². The van der Waals surface area contributed by atoms with Crippen molar-refractivity contribution in [2.24, 2.45) is 0 Å². The van der Waals surface area contributed by atoms with Crippen LogP contribution in [0.4, 0.5) is 0 Å².